The first-order valence-corrected chi connectivity index (χ1v) is 11.6. The number of benzene rings is 1. The molecule has 156 valence electrons. The van der Waals surface area contributed by atoms with Crippen LogP contribution in [0.3, 0.4) is 0 Å². The zero-order valence-corrected chi connectivity index (χ0v) is 18.1. The Bertz CT molecular complexity index is 666. The van der Waals surface area contributed by atoms with Crippen molar-refractivity contribution >= 4 is 22.7 Å². The molecule has 1 aromatic carbocycles. The molecule has 1 aromatic rings. The highest BCUT2D eigenvalue weighted by atomic mass is 32.2. The number of guanidine groups is 1. The number of likely N-dealkylation sites (N-methyl/N-ethyl adjacent to an activating group) is 1. The second-order valence-electron chi connectivity index (χ2n) is 7.12. The van der Waals surface area contributed by atoms with Gasteiger partial charge < -0.3 is 15.5 Å². The van der Waals surface area contributed by atoms with Crippen LogP contribution in [0.4, 0.5) is 0 Å². The van der Waals surface area contributed by atoms with Crippen molar-refractivity contribution in [3.63, 3.8) is 0 Å². The number of hydrogen-bond donors (Lipinski definition) is 2. The van der Waals surface area contributed by atoms with E-state index in [-0.39, 0.29) is 23.7 Å². The maximum atomic E-state index is 12.6. The molecular weight excluding hydrogens is 372 g/mol. The van der Waals surface area contributed by atoms with Crippen molar-refractivity contribution in [3.05, 3.63) is 35.9 Å². The summed E-state index contributed by atoms with van der Waals surface area (Å²) in [5.74, 6) is 1.40. The van der Waals surface area contributed by atoms with Gasteiger partial charge in [-0.05, 0) is 31.7 Å². The molecule has 1 fully saturated rings. The molecule has 7 heteroatoms. The minimum Gasteiger partial charge on any atom is -0.354 e. The Morgan fingerprint density at radius 2 is 2.00 bits per heavy atom. The number of carbonyl (C=O) groups excluding carboxylic acids is 1. The summed E-state index contributed by atoms with van der Waals surface area (Å²) in [6.45, 7) is 5.45. The number of aliphatic imine (C=N–C) groups is 1. The van der Waals surface area contributed by atoms with Gasteiger partial charge in [-0.1, -0.05) is 43.7 Å². The van der Waals surface area contributed by atoms with Crippen molar-refractivity contribution in [2.45, 2.75) is 57.4 Å². The molecule has 0 aromatic heterocycles. The van der Waals surface area contributed by atoms with E-state index in [1.54, 1.807) is 7.05 Å². The van der Waals surface area contributed by atoms with Gasteiger partial charge in [-0.3, -0.25) is 14.0 Å². The Hall–Kier alpha value is -1.89. The van der Waals surface area contributed by atoms with Gasteiger partial charge in [0.05, 0.1) is 6.54 Å². The molecule has 0 heterocycles. The van der Waals surface area contributed by atoms with Crippen molar-refractivity contribution < 1.29 is 9.00 Å². The normalized spacial score (nSPS) is 21.0. The summed E-state index contributed by atoms with van der Waals surface area (Å²) in [6, 6.07) is 10.3. The molecule has 3 atom stereocenters. The maximum Gasteiger partial charge on any atom is 0.242 e. The van der Waals surface area contributed by atoms with Gasteiger partial charge in [0.15, 0.2) is 5.96 Å². The average Bonchev–Trinajstić information content (AvgIpc) is 2.74. The molecule has 0 spiro atoms. The predicted molar refractivity (Wildman–Crippen MR) is 117 cm³/mol. The molecule has 1 aliphatic carbocycles. The van der Waals surface area contributed by atoms with Crippen LogP contribution in [-0.2, 0) is 22.1 Å². The third-order valence-electron chi connectivity index (χ3n) is 5.20. The number of hydrogen-bond acceptors (Lipinski definition) is 3. The minimum atomic E-state index is -0.750. The molecule has 2 N–H and O–H groups in total. The Balaban J connectivity index is 1.83. The van der Waals surface area contributed by atoms with Gasteiger partial charge in [0, 0.05) is 48.0 Å². The minimum absolute atomic E-state index is 0.0444. The average molecular weight is 407 g/mol. The second-order valence-corrected chi connectivity index (χ2v) is 9.12. The smallest absolute Gasteiger partial charge is 0.242 e. The summed E-state index contributed by atoms with van der Waals surface area (Å²) < 4.78 is 12.1. The van der Waals surface area contributed by atoms with E-state index < -0.39 is 10.8 Å². The molecule has 2 rings (SSSR count). The van der Waals surface area contributed by atoms with E-state index in [2.05, 4.69) is 15.6 Å². The van der Waals surface area contributed by atoms with Crippen molar-refractivity contribution in [3.8, 4) is 0 Å². The summed E-state index contributed by atoms with van der Waals surface area (Å²) in [5.41, 5.74) is 1.12. The van der Waals surface area contributed by atoms with E-state index >= 15 is 0 Å². The molecule has 1 aliphatic rings. The lowest BCUT2D eigenvalue weighted by atomic mass is 9.95. The summed E-state index contributed by atoms with van der Waals surface area (Å²) in [5, 5.41) is 6.82. The van der Waals surface area contributed by atoms with Gasteiger partial charge in [0.25, 0.3) is 0 Å². The third kappa shape index (κ3) is 6.93. The zero-order valence-electron chi connectivity index (χ0n) is 17.3. The highest BCUT2D eigenvalue weighted by Crippen LogP contribution is 2.22. The number of nitrogens with zero attached hydrogens (tertiary/aromatic N) is 2. The number of nitrogens with one attached hydrogen (secondary N) is 2. The van der Waals surface area contributed by atoms with Gasteiger partial charge in [0.1, 0.15) is 0 Å². The fraction of sp³-hybridized carbons (Fsp3) is 0.619. The van der Waals surface area contributed by atoms with Crippen LogP contribution in [0.1, 0.15) is 45.1 Å². The van der Waals surface area contributed by atoms with Gasteiger partial charge in [-0.15, -0.1) is 0 Å². The van der Waals surface area contributed by atoms with Crippen LogP contribution in [0.2, 0.25) is 0 Å². The number of amides is 1. The Labute approximate surface area is 171 Å². The highest BCUT2D eigenvalue weighted by Gasteiger charge is 2.26. The second kappa shape index (κ2) is 11.8. The molecule has 0 bridgehead atoms. The highest BCUT2D eigenvalue weighted by molar-refractivity contribution is 7.85. The van der Waals surface area contributed by atoms with Crippen LogP contribution in [0, 0.1) is 0 Å². The lowest BCUT2D eigenvalue weighted by Gasteiger charge is -2.30. The molecule has 0 aliphatic heterocycles. The molecule has 3 unspecified atom stereocenters. The fourth-order valence-corrected chi connectivity index (χ4v) is 4.94. The summed E-state index contributed by atoms with van der Waals surface area (Å²) in [6.07, 6.45) is 4.05. The van der Waals surface area contributed by atoms with Crippen molar-refractivity contribution in [1.82, 2.24) is 15.5 Å². The van der Waals surface area contributed by atoms with Crippen LogP contribution in [0.25, 0.3) is 0 Å². The van der Waals surface area contributed by atoms with E-state index in [1.165, 1.54) is 0 Å². The Morgan fingerprint density at radius 1 is 1.25 bits per heavy atom. The monoisotopic (exact) mass is 406 g/mol. The van der Waals surface area contributed by atoms with Crippen molar-refractivity contribution in [2.75, 3.05) is 25.9 Å². The lowest BCUT2D eigenvalue weighted by Crippen LogP contribution is -2.49. The van der Waals surface area contributed by atoms with E-state index in [9.17, 15) is 9.00 Å². The van der Waals surface area contributed by atoms with E-state index in [0.29, 0.717) is 24.8 Å². The van der Waals surface area contributed by atoms with Gasteiger partial charge >= 0.3 is 0 Å². The van der Waals surface area contributed by atoms with Gasteiger partial charge in [0.2, 0.25) is 5.91 Å². The standard InChI is InChI=1S/C21H34N4O2S/c1-4-25(16-17-10-7-6-8-11-17)20(26)15-23-21(22-3)24-18-12-9-13-19(14-18)28(27)5-2/h6-8,10-11,18-19H,4-5,9,12-16H2,1-3H3,(H2,22,23,24). The summed E-state index contributed by atoms with van der Waals surface area (Å²) in [4.78, 5) is 18.7. The van der Waals surface area contributed by atoms with Crippen molar-refractivity contribution in [1.29, 1.82) is 0 Å². The predicted octanol–water partition coefficient (Wildman–Crippen LogP) is 2.28. The first-order chi connectivity index (χ1) is 13.6. The lowest BCUT2D eigenvalue weighted by molar-refractivity contribution is -0.130. The number of carbonyl (C=O) groups is 1. The molecule has 0 saturated heterocycles. The van der Waals surface area contributed by atoms with Crippen LogP contribution >= 0.6 is 0 Å². The Morgan fingerprint density at radius 3 is 2.64 bits per heavy atom. The zero-order chi connectivity index (χ0) is 20.4. The number of rotatable bonds is 8. The van der Waals surface area contributed by atoms with Crippen LogP contribution in [0.15, 0.2) is 35.3 Å². The first kappa shape index (κ1) is 22.4. The van der Waals surface area contributed by atoms with Crippen LogP contribution in [0.5, 0.6) is 0 Å². The summed E-state index contributed by atoms with van der Waals surface area (Å²) >= 11 is 0. The molecule has 1 saturated carbocycles. The third-order valence-corrected chi connectivity index (χ3v) is 6.95. The molecular formula is C21H34N4O2S. The summed E-state index contributed by atoms with van der Waals surface area (Å²) in [7, 11) is 0.964. The van der Waals surface area contributed by atoms with E-state index in [4.69, 9.17) is 0 Å². The fourth-order valence-electron chi connectivity index (χ4n) is 3.59. The SMILES string of the molecule is CCN(Cc1ccccc1)C(=O)CNC(=NC)NC1CCCC(S(=O)CC)C1. The molecule has 28 heavy (non-hydrogen) atoms. The topological polar surface area (TPSA) is 73.8 Å². The van der Waals surface area contributed by atoms with Crippen molar-refractivity contribution in [2.24, 2.45) is 4.99 Å². The molecule has 1 amide bonds. The van der Waals surface area contributed by atoms with Gasteiger partial charge in [-0.25, -0.2) is 0 Å². The van der Waals surface area contributed by atoms with Crippen LogP contribution in [-0.4, -0.2) is 58.2 Å². The quantitative estimate of drug-likeness (QED) is 0.513. The Kier molecular flexibility index (Phi) is 9.47. The van der Waals surface area contributed by atoms with E-state index in [0.717, 1.165) is 31.2 Å². The van der Waals surface area contributed by atoms with E-state index in [1.807, 2.05) is 49.1 Å². The molecule has 6 nitrogen and oxygen atoms in total. The molecule has 0 radical (unpaired) electrons. The van der Waals surface area contributed by atoms with Gasteiger partial charge in [-0.2, -0.15) is 0 Å². The largest absolute Gasteiger partial charge is 0.354 e. The first-order valence-electron chi connectivity index (χ1n) is 10.2. The van der Waals surface area contributed by atoms with Crippen LogP contribution < -0.4 is 10.6 Å². The maximum absolute atomic E-state index is 12.6.